The van der Waals surface area contributed by atoms with Crippen molar-refractivity contribution in [3.8, 4) is 17.2 Å². The van der Waals surface area contributed by atoms with E-state index in [4.69, 9.17) is 20.9 Å². The summed E-state index contributed by atoms with van der Waals surface area (Å²) in [5, 5.41) is 7.41. The van der Waals surface area contributed by atoms with Crippen molar-refractivity contribution in [1.29, 1.82) is 0 Å². The summed E-state index contributed by atoms with van der Waals surface area (Å²) in [6, 6.07) is 14.2. The number of aromatic nitrogens is 2. The molecule has 1 heterocycles. The Morgan fingerprint density at radius 1 is 1.24 bits per heavy atom. The third-order valence-corrected chi connectivity index (χ3v) is 4.41. The average molecular weight is 415 g/mol. The topological polar surface area (TPSA) is 80.5 Å². The lowest BCUT2D eigenvalue weighted by atomic mass is 10.2. The number of benzene rings is 2. The predicted molar refractivity (Wildman–Crippen MR) is 112 cm³/mol. The summed E-state index contributed by atoms with van der Waals surface area (Å²) in [6.07, 6.45) is 0. The molecule has 8 heteroatoms. The number of urea groups is 1. The van der Waals surface area contributed by atoms with Crippen molar-refractivity contribution in [3.05, 3.63) is 59.4 Å². The lowest BCUT2D eigenvalue weighted by Gasteiger charge is -2.18. The second kappa shape index (κ2) is 9.43. The van der Waals surface area contributed by atoms with Crippen LogP contribution in [0.1, 0.15) is 25.6 Å². The number of rotatable bonds is 7. The average Bonchev–Trinajstić information content (AvgIpc) is 3.19. The molecule has 1 N–H and O–H groups in total. The molecule has 152 valence electrons. The highest BCUT2D eigenvalue weighted by Gasteiger charge is 2.12. The number of nitrogens with zero attached hydrogens (tertiary/aromatic N) is 3. The van der Waals surface area contributed by atoms with E-state index in [-0.39, 0.29) is 11.9 Å². The number of ether oxygens (including phenoxy) is 1. The first kappa shape index (κ1) is 20.7. The van der Waals surface area contributed by atoms with E-state index in [2.05, 4.69) is 15.5 Å². The van der Waals surface area contributed by atoms with E-state index in [0.29, 0.717) is 41.3 Å². The van der Waals surface area contributed by atoms with Crippen LogP contribution in [0.3, 0.4) is 0 Å². The molecule has 1 aromatic heterocycles. The molecule has 0 fully saturated rings. The summed E-state index contributed by atoms with van der Waals surface area (Å²) in [6.45, 7) is 4.79. The molecule has 0 aliphatic rings. The van der Waals surface area contributed by atoms with Crippen molar-refractivity contribution in [2.24, 2.45) is 0 Å². The van der Waals surface area contributed by atoms with Gasteiger partial charge in [0.1, 0.15) is 12.4 Å². The lowest BCUT2D eigenvalue weighted by Crippen LogP contribution is -2.34. The molecule has 3 rings (SSSR count). The third kappa shape index (κ3) is 5.71. The first-order chi connectivity index (χ1) is 13.9. The van der Waals surface area contributed by atoms with Gasteiger partial charge in [-0.25, -0.2) is 4.79 Å². The maximum atomic E-state index is 12.3. The van der Waals surface area contributed by atoms with Crippen LogP contribution in [0.2, 0.25) is 5.02 Å². The van der Waals surface area contributed by atoms with Crippen LogP contribution in [0.4, 0.5) is 10.5 Å². The first-order valence-electron chi connectivity index (χ1n) is 9.27. The predicted octanol–water partition coefficient (Wildman–Crippen LogP) is 5.06. The Bertz CT molecular complexity index is 957. The van der Waals surface area contributed by atoms with Crippen molar-refractivity contribution in [3.63, 3.8) is 0 Å². The van der Waals surface area contributed by atoms with Gasteiger partial charge < -0.3 is 19.5 Å². The van der Waals surface area contributed by atoms with Gasteiger partial charge in [0.2, 0.25) is 0 Å². The van der Waals surface area contributed by atoms with Crippen LogP contribution in [0.25, 0.3) is 11.5 Å². The molecule has 0 aliphatic carbocycles. The zero-order valence-electron chi connectivity index (χ0n) is 16.6. The van der Waals surface area contributed by atoms with Crippen LogP contribution in [-0.4, -0.2) is 41.3 Å². The van der Waals surface area contributed by atoms with Gasteiger partial charge in [-0.3, -0.25) is 0 Å². The molecule has 3 aromatic rings. The molecular formula is C21H23ClN4O3. The molecule has 2 amide bonds. The molecule has 0 aliphatic heterocycles. The molecule has 29 heavy (non-hydrogen) atoms. The van der Waals surface area contributed by atoms with Crippen LogP contribution < -0.4 is 10.1 Å². The Hall–Kier alpha value is -3.06. The lowest BCUT2D eigenvalue weighted by molar-refractivity contribution is 0.207. The van der Waals surface area contributed by atoms with Crippen molar-refractivity contribution in [1.82, 2.24) is 15.0 Å². The van der Waals surface area contributed by atoms with E-state index in [1.54, 1.807) is 36.2 Å². The van der Waals surface area contributed by atoms with Gasteiger partial charge in [0.25, 0.3) is 5.89 Å². The fourth-order valence-electron chi connectivity index (χ4n) is 2.46. The zero-order chi connectivity index (χ0) is 20.8. The molecule has 2 aromatic carbocycles. The monoisotopic (exact) mass is 414 g/mol. The van der Waals surface area contributed by atoms with Crippen molar-refractivity contribution in [2.75, 3.05) is 25.5 Å². The van der Waals surface area contributed by atoms with E-state index in [1.807, 2.05) is 38.1 Å². The third-order valence-electron chi connectivity index (χ3n) is 4.18. The van der Waals surface area contributed by atoms with Gasteiger partial charge in [0, 0.05) is 29.2 Å². The van der Waals surface area contributed by atoms with E-state index < -0.39 is 0 Å². The first-order valence-corrected chi connectivity index (χ1v) is 9.64. The van der Waals surface area contributed by atoms with Gasteiger partial charge in [0.15, 0.2) is 5.82 Å². The van der Waals surface area contributed by atoms with Crippen molar-refractivity contribution < 1.29 is 14.1 Å². The Balaban J connectivity index is 1.50. The Labute approximate surface area is 174 Å². The molecule has 0 saturated carbocycles. The minimum absolute atomic E-state index is 0.199. The molecule has 0 radical (unpaired) electrons. The molecule has 7 nitrogen and oxygen atoms in total. The molecule has 0 unspecified atom stereocenters. The number of anilines is 1. The van der Waals surface area contributed by atoms with Crippen molar-refractivity contribution >= 4 is 23.3 Å². The van der Waals surface area contributed by atoms with Crippen LogP contribution in [0, 0.1) is 0 Å². The number of amides is 2. The maximum Gasteiger partial charge on any atom is 0.321 e. The number of halogens is 1. The molecule has 0 atom stereocenters. The quantitative estimate of drug-likeness (QED) is 0.584. The summed E-state index contributed by atoms with van der Waals surface area (Å²) in [7, 11) is 1.71. The minimum Gasteiger partial charge on any atom is -0.492 e. The largest absolute Gasteiger partial charge is 0.492 e. The Morgan fingerprint density at radius 3 is 2.66 bits per heavy atom. The minimum atomic E-state index is -0.229. The summed E-state index contributed by atoms with van der Waals surface area (Å²) in [4.78, 5) is 18.3. The van der Waals surface area contributed by atoms with Crippen LogP contribution in [0.5, 0.6) is 5.75 Å². The summed E-state index contributed by atoms with van der Waals surface area (Å²) < 4.78 is 10.9. The maximum absolute atomic E-state index is 12.3. The smallest absolute Gasteiger partial charge is 0.321 e. The van der Waals surface area contributed by atoms with Gasteiger partial charge in [-0.05, 0) is 42.5 Å². The highest BCUT2D eigenvalue weighted by Crippen LogP contribution is 2.22. The van der Waals surface area contributed by atoms with Gasteiger partial charge in [-0.2, -0.15) is 4.98 Å². The van der Waals surface area contributed by atoms with Gasteiger partial charge in [0.05, 0.1) is 6.54 Å². The van der Waals surface area contributed by atoms with Gasteiger partial charge >= 0.3 is 6.03 Å². The van der Waals surface area contributed by atoms with Crippen molar-refractivity contribution in [2.45, 2.75) is 19.8 Å². The number of carbonyl (C=O) groups excluding carboxylic acids is 1. The molecule has 0 spiro atoms. The number of likely N-dealkylation sites (N-methyl/N-ethyl adjacent to an activating group) is 1. The van der Waals surface area contributed by atoms with E-state index in [0.717, 1.165) is 5.56 Å². The van der Waals surface area contributed by atoms with Crippen LogP contribution >= 0.6 is 11.6 Å². The fourth-order valence-corrected chi connectivity index (χ4v) is 2.64. The molecular weight excluding hydrogens is 392 g/mol. The number of hydrogen-bond acceptors (Lipinski definition) is 5. The summed E-state index contributed by atoms with van der Waals surface area (Å²) >= 11 is 5.92. The van der Waals surface area contributed by atoms with E-state index >= 15 is 0 Å². The van der Waals surface area contributed by atoms with E-state index in [9.17, 15) is 4.79 Å². The Kier molecular flexibility index (Phi) is 6.72. The molecule has 0 bridgehead atoms. The van der Waals surface area contributed by atoms with Gasteiger partial charge in [-0.1, -0.05) is 36.7 Å². The number of hydrogen-bond donors (Lipinski definition) is 1. The van der Waals surface area contributed by atoms with Crippen LogP contribution in [0.15, 0.2) is 53.1 Å². The highest BCUT2D eigenvalue weighted by molar-refractivity contribution is 6.30. The number of nitrogens with one attached hydrogen (secondary N) is 1. The van der Waals surface area contributed by atoms with Gasteiger partial charge in [-0.15, -0.1) is 0 Å². The fraction of sp³-hybridized carbons (Fsp3) is 0.286. The van der Waals surface area contributed by atoms with Crippen LogP contribution in [-0.2, 0) is 0 Å². The second-order valence-corrected chi connectivity index (χ2v) is 7.28. The normalized spacial score (nSPS) is 10.8. The standard InChI is InChI=1S/C21H23ClN4O3/c1-14(2)19-24-20(29-25-19)15-7-9-17(10-8-15)23-21(27)26(3)11-12-28-18-6-4-5-16(22)13-18/h4-10,13-14H,11-12H2,1-3H3,(H,23,27). The zero-order valence-corrected chi connectivity index (χ0v) is 17.3. The highest BCUT2D eigenvalue weighted by atomic mass is 35.5. The second-order valence-electron chi connectivity index (χ2n) is 6.85. The molecule has 0 saturated heterocycles. The Morgan fingerprint density at radius 2 is 2.00 bits per heavy atom. The van der Waals surface area contributed by atoms with E-state index in [1.165, 1.54) is 0 Å². The SMILES string of the molecule is CC(C)c1noc(-c2ccc(NC(=O)N(C)CCOc3cccc(Cl)c3)cc2)n1. The summed E-state index contributed by atoms with van der Waals surface area (Å²) in [5.41, 5.74) is 1.47. The number of carbonyl (C=O) groups is 1. The summed E-state index contributed by atoms with van der Waals surface area (Å²) in [5.74, 6) is 1.99.